The first-order valence-electron chi connectivity index (χ1n) is 6.74. The van der Waals surface area contributed by atoms with Crippen LogP contribution in [0.25, 0.3) is 10.9 Å². The summed E-state index contributed by atoms with van der Waals surface area (Å²) in [5, 5.41) is 10.2. The predicted molar refractivity (Wildman–Crippen MR) is 80.0 cm³/mol. The van der Waals surface area contributed by atoms with E-state index in [4.69, 9.17) is 21.4 Å². The number of pyridine rings is 1. The number of halogens is 1. The number of amides is 1. The Kier molecular flexibility index (Phi) is 3.96. The van der Waals surface area contributed by atoms with Crippen molar-refractivity contribution < 1.29 is 19.4 Å². The van der Waals surface area contributed by atoms with Crippen molar-refractivity contribution in [2.45, 2.75) is 6.10 Å². The van der Waals surface area contributed by atoms with Gasteiger partial charge >= 0.3 is 5.97 Å². The third-order valence-corrected chi connectivity index (χ3v) is 3.75. The molecule has 114 valence electrons. The van der Waals surface area contributed by atoms with Gasteiger partial charge in [-0.15, -0.1) is 0 Å². The largest absolute Gasteiger partial charge is 0.479 e. The second kappa shape index (κ2) is 5.90. The fourth-order valence-corrected chi connectivity index (χ4v) is 2.70. The van der Waals surface area contributed by atoms with Crippen molar-refractivity contribution in [3.63, 3.8) is 0 Å². The van der Waals surface area contributed by atoms with E-state index in [1.807, 2.05) is 6.07 Å². The molecular formula is C15H13ClN2O4. The summed E-state index contributed by atoms with van der Waals surface area (Å²) in [6.07, 6.45) is 0.600. The van der Waals surface area contributed by atoms with E-state index in [0.717, 1.165) is 5.39 Å². The quantitative estimate of drug-likeness (QED) is 0.913. The Balaban J connectivity index is 1.97. The van der Waals surface area contributed by atoms with Crippen molar-refractivity contribution in [3.8, 4) is 0 Å². The second-order valence-corrected chi connectivity index (χ2v) is 5.41. The van der Waals surface area contributed by atoms with Crippen molar-refractivity contribution >= 4 is 34.4 Å². The molecule has 0 radical (unpaired) electrons. The Bertz CT molecular complexity index is 749. The minimum Gasteiger partial charge on any atom is -0.479 e. The van der Waals surface area contributed by atoms with Gasteiger partial charge in [0, 0.05) is 23.2 Å². The minimum absolute atomic E-state index is 0.00894. The maximum atomic E-state index is 12.7. The van der Waals surface area contributed by atoms with E-state index in [1.165, 1.54) is 4.90 Å². The molecule has 0 aliphatic carbocycles. The van der Waals surface area contributed by atoms with Crippen LogP contribution in [0.4, 0.5) is 0 Å². The van der Waals surface area contributed by atoms with Crippen LogP contribution in [0.5, 0.6) is 0 Å². The number of aromatic nitrogens is 1. The van der Waals surface area contributed by atoms with Gasteiger partial charge in [-0.2, -0.15) is 0 Å². The van der Waals surface area contributed by atoms with Gasteiger partial charge in [0.2, 0.25) is 0 Å². The lowest BCUT2D eigenvalue weighted by atomic mass is 10.1. The zero-order chi connectivity index (χ0) is 15.7. The highest BCUT2D eigenvalue weighted by Crippen LogP contribution is 2.24. The molecule has 1 aromatic heterocycles. The van der Waals surface area contributed by atoms with Crippen LogP contribution in [0, 0.1) is 0 Å². The summed E-state index contributed by atoms with van der Waals surface area (Å²) in [4.78, 5) is 29.4. The molecule has 1 N–H and O–H groups in total. The molecule has 3 rings (SSSR count). The summed E-state index contributed by atoms with van der Waals surface area (Å²) < 4.78 is 5.13. The average molecular weight is 321 g/mol. The summed E-state index contributed by atoms with van der Waals surface area (Å²) in [5.74, 6) is -1.37. The number of hydrogen-bond donors (Lipinski definition) is 1. The molecule has 6 nitrogen and oxygen atoms in total. The number of rotatable bonds is 2. The Hall–Kier alpha value is -2.18. The molecule has 1 aliphatic heterocycles. The van der Waals surface area contributed by atoms with E-state index in [2.05, 4.69) is 4.98 Å². The van der Waals surface area contributed by atoms with Gasteiger partial charge in [-0.3, -0.25) is 9.78 Å². The van der Waals surface area contributed by atoms with E-state index in [0.29, 0.717) is 22.6 Å². The third-order valence-electron chi connectivity index (χ3n) is 3.53. The van der Waals surface area contributed by atoms with Crippen molar-refractivity contribution in [2.24, 2.45) is 0 Å². The lowest BCUT2D eigenvalue weighted by molar-refractivity contribution is -0.154. The normalized spacial score (nSPS) is 18.4. The fraction of sp³-hybridized carbons (Fsp3) is 0.267. The number of aliphatic carboxylic acids is 1. The number of carbonyl (C=O) groups excluding carboxylic acids is 1. The molecule has 0 spiro atoms. The molecule has 2 aromatic rings. The topological polar surface area (TPSA) is 79.7 Å². The molecule has 1 atom stereocenters. The van der Waals surface area contributed by atoms with E-state index < -0.39 is 12.1 Å². The number of nitrogens with zero attached hydrogens (tertiary/aromatic N) is 2. The number of fused-ring (bicyclic) bond motifs is 1. The zero-order valence-corrected chi connectivity index (χ0v) is 12.3. The molecule has 2 heterocycles. The lowest BCUT2D eigenvalue weighted by Crippen LogP contribution is -2.48. The Labute approximate surface area is 131 Å². The van der Waals surface area contributed by atoms with Crippen LogP contribution in [0.1, 0.15) is 10.4 Å². The van der Waals surface area contributed by atoms with Crippen molar-refractivity contribution in [1.29, 1.82) is 0 Å². The summed E-state index contributed by atoms with van der Waals surface area (Å²) in [6, 6.07) is 6.89. The van der Waals surface area contributed by atoms with Gasteiger partial charge in [0.1, 0.15) is 0 Å². The van der Waals surface area contributed by atoms with E-state index in [1.54, 1.807) is 24.4 Å². The third kappa shape index (κ3) is 2.75. The van der Waals surface area contributed by atoms with Gasteiger partial charge < -0.3 is 14.7 Å². The molecule has 1 amide bonds. The molecule has 1 aliphatic rings. The first-order valence-corrected chi connectivity index (χ1v) is 7.12. The van der Waals surface area contributed by atoms with Gasteiger partial charge in [-0.05, 0) is 18.2 Å². The van der Waals surface area contributed by atoms with Crippen LogP contribution in [0.2, 0.25) is 5.02 Å². The zero-order valence-electron chi connectivity index (χ0n) is 11.5. The van der Waals surface area contributed by atoms with Crippen LogP contribution < -0.4 is 0 Å². The van der Waals surface area contributed by atoms with E-state index in [9.17, 15) is 9.59 Å². The van der Waals surface area contributed by atoms with E-state index >= 15 is 0 Å². The SMILES string of the molecule is O=C(O)[C@@H]1CN(C(=O)c2cc(Cl)cc3cccnc23)CCO1. The summed E-state index contributed by atoms with van der Waals surface area (Å²) in [7, 11) is 0. The maximum absolute atomic E-state index is 12.7. The molecular weight excluding hydrogens is 308 g/mol. The number of carboxylic acid groups (broad SMARTS) is 1. The first kappa shape index (κ1) is 14.7. The minimum atomic E-state index is -1.08. The molecule has 1 saturated heterocycles. The van der Waals surface area contributed by atoms with Gasteiger partial charge in [0.25, 0.3) is 5.91 Å². The smallest absolute Gasteiger partial charge is 0.334 e. The fourth-order valence-electron chi connectivity index (χ4n) is 2.47. The maximum Gasteiger partial charge on any atom is 0.334 e. The van der Waals surface area contributed by atoms with Crippen LogP contribution >= 0.6 is 11.6 Å². The molecule has 1 aromatic carbocycles. The Morgan fingerprint density at radius 1 is 1.41 bits per heavy atom. The van der Waals surface area contributed by atoms with Crippen LogP contribution in [-0.4, -0.2) is 52.7 Å². The van der Waals surface area contributed by atoms with Crippen LogP contribution in [-0.2, 0) is 9.53 Å². The lowest BCUT2D eigenvalue weighted by Gasteiger charge is -2.31. The number of ether oxygens (including phenoxy) is 1. The van der Waals surface area contributed by atoms with Gasteiger partial charge in [0.05, 0.1) is 24.2 Å². The molecule has 1 fully saturated rings. The van der Waals surface area contributed by atoms with Crippen molar-refractivity contribution in [3.05, 3.63) is 41.0 Å². The summed E-state index contributed by atoms with van der Waals surface area (Å²) in [5.41, 5.74) is 0.921. The van der Waals surface area contributed by atoms with Crippen LogP contribution in [0.15, 0.2) is 30.5 Å². The van der Waals surface area contributed by atoms with Crippen molar-refractivity contribution in [1.82, 2.24) is 9.88 Å². The molecule has 0 bridgehead atoms. The van der Waals surface area contributed by atoms with E-state index in [-0.39, 0.29) is 19.1 Å². The number of hydrogen-bond acceptors (Lipinski definition) is 4. The van der Waals surface area contributed by atoms with Gasteiger partial charge in [-0.25, -0.2) is 4.79 Å². The average Bonchev–Trinajstić information content (AvgIpc) is 2.53. The second-order valence-electron chi connectivity index (χ2n) is 4.98. The molecule has 7 heteroatoms. The molecule has 0 unspecified atom stereocenters. The number of morpholine rings is 1. The van der Waals surface area contributed by atoms with Gasteiger partial charge in [-0.1, -0.05) is 17.7 Å². The predicted octanol–water partition coefficient (Wildman–Crippen LogP) is 1.81. The molecule has 22 heavy (non-hydrogen) atoms. The summed E-state index contributed by atoms with van der Waals surface area (Å²) >= 11 is 6.07. The van der Waals surface area contributed by atoms with Crippen LogP contribution in [0.3, 0.4) is 0 Å². The van der Waals surface area contributed by atoms with Gasteiger partial charge in [0.15, 0.2) is 6.10 Å². The molecule has 0 saturated carbocycles. The monoisotopic (exact) mass is 320 g/mol. The highest BCUT2D eigenvalue weighted by molar-refractivity contribution is 6.32. The Morgan fingerprint density at radius 3 is 3.00 bits per heavy atom. The highest BCUT2D eigenvalue weighted by Gasteiger charge is 2.30. The number of carboxylic acids is 1. The number of carbonyl (C=O) groups is 2. The number of benzene rings is 1. The Morgan fingerprint density at radius 2 is 2.23 bits per heavy atom. The highest BCUT2D eigenvalue weighted by atomic mass is 35.5. The standard InChI is InChI=1S/C15H13ClN2O4/c16-10-6-9-2-1-3-17-13(9)11(7-10)14(19)18-4-5-22-12(8-18)15(20)21/h1-3,6-7,12H,4-5,8H2,(H,20,21)/t12-/m0/s1. The summed E-state index contributed by atoms with van der Waals surface area (Å²) in [6.45, 7) is 0.535. The van der Waals surface area contributed by atoms with Crippen molar-refractivity contribution in [2.75, 3.05) is 19.7 Å². The first-order chi connectivity index (χ1) is 10.6.